The zero-order chi connectivity index (χ0) is 31.5. The Morgan fingerprint density at radius 1 is 1.09 bits per heavy atom. The first kappa shape index (κ1) is 34.3. The van der Waals surface area contributed by atoms with Crippen molar-refractivity contribution in [2.75, 3.05) is 20.3 Å². The van der Waals surface area contributed by atoms with E-state index in [4.69, 9.17) is 19.9 Å². The number of phenolic OH excluding ortho intramolecular Hbond substituents is 1. The van der Waals surface area contributed by atoms with Crippen LogP contribution in [0.3, 0.4) is 0 Å². The first-order valence-electron chi connectivity index (χ1n) is 15.8. The lowest BCUT2D eigenvalue weighted by molar-refractivity contribution is -0.156. The van der Waals surface area contributed by atoms with Gasteiger partial charge in [0.1, 0.15) is 12.2 Å². The fourth-order valence-electron chi connectivity index (χ4n) is 6.81. The van der Waals surface area contributed by atoms with Crippen LogP contribution in [0.1, 0.15) is 90.2 Å². The van der Waals surface area contributed by atoms with Crippen molar-refractivity contribution in [1.29, 1.82) is 0 Å². The highest BCUT2D eigenvalue weighted by Crippen LogP contribution is 2.38. The van der Waals surface area contributed by atoms with E-state index in [1.807, 2.05) is 18.2 Å². The highest BCUT2D eigenvalue weighted by Gasteiger charge is 2.34. The highest BCUT2D eigenvalue weighted by atomic mass is 16.6. The molecule has 9 heteroatoms. The van der Waals surface area contributed by atoms with E-state index in [1.165, 1.54) is 21.0 Å². The molecule has 0 radical (unpaired) electrons. The predicted molar refractivity (Wildman–Crippen MR) is 167 cm³/mol. The summed E-state index contributed by atoms with van der Waals surface area (Å²) in [5.41, 5.74) is 8.65. The summed E-state index contributed by atoms with van der Waals surface area (Å²) >= 11 is 0. The molecule has 1 aromatic carbocycles. The summed E-state index contributed by atoms with van der Waals surface area (Å²) in [7, 11) is 1.51. The molecule has 5 atom stereocenters. The Balaban J connectivity index is 1.89. The first-order chi connectivity index (χ1) is 20.5. The van der Waals surface area contributed by atoms with Crippen LogP contribution in [-0.4, -0.2) is 54.6 Å². The topological polar surface area (TPSA) is 140 Å². The summed E-state index contributed by atoms with van der Waals surface area (Å²) in [4.78, 5) is 24.6. The van der Waals surface area contributed by atoms with Gasteiger partial charge >= 0.3 is 11.9 Å². The number of esters is 2. The lowest BCUT2D eigenvalue weighted by atomic mass is 9.74. The number of phenols is 1. The Morgan fingerprint density at radius 2 is 1.79 bits per heavy atom. The number of aromatic hydroxyl groups is 1. The minimum absolute atomic E-state index is 0.0257. The number of aliphatic hydroxyl groups is 1. The molecule has 1 aliphatic heterocycles. The third-order valence-electron chi connectivity index (χ3n) is 8.62. The van der Waals surface area contributed by atoms with E-state index >= 15 is 0 Å². The molecule has 0 bridgehead atoms. The summed E-state index contributed by atoms with van der Waals surface area (Å²) in [6.07, 6.45) is 10.2. The summed E-state index contributed by atoms with van der Waals surface area (Å²) in [5.74, 6) is 1.46. The quantitative estimate of drug-likeness (QED) is 0.224. The maximum atomic E-state index is 12.3. The van der Waals surface area contributed by atoms with E-state index in [2.05, 4.69) is 19.2 Å². The number of allylic oxidation sites excluding steroid dienone is 2. The number of hydrogen-bond acceptors (Lipinski definition) is 9. The first-order valence-corrected chi connectivity index (χ1v) is 15.8. The number of dihydropyridines is 1. The molecule has 1 fully saturated rings. The van der Waals surface area contributed by atoms with Gasteiger partial charge in [-0.25, -0.2) is 0 Å². The van der Waals surface area contributed by atoms with Crippen LogP contribution in [0.5, 0.6) is 11.5 Å². The van der Waals surface area contributed by atoms with Gasteiger partial charge in [0.05, 0.1) is 12.9 Å². The lowest BCUT2D eigenvalue weighted by Crippen LogP contribution is -2.36. The predicted octanol–water partition coefficient (Wildman–Crippen LogP) is 5.22. The van der Waals surface area contributed by atoms with Crippen LogP contribution in [0.25, 0.3) is 5.57 Å². The maximum Gasteiger partial charge on any atom is 0.302 e. The number of ether oxygens (including phenoxy) is 3. The number of methoxy groups -OCH3 is 1. The van der Waals surface area contributed by atoms with Gasteiger partial charge in [0.15, 0.2) is 11.5 Å². The molecule has 9 nitrogen and oxygen atoms in total. The highest BCUT2D eigenvalue weighted by molar-refractivity contribution is 5.79. The number of nitrogens with one attached hydrogen (secondary N) is 1. The fraction of sp³-hybridized carbons (Fsp3) is 0.647. The second-order valence-corrected chi connectivity index (χ2v) is 12.7. The molecule has 43 heavy (non-hydrogen) atoms. The second kappa shape index (κ2) is 16.6. The smallest absolute Gasteiger partial charge is 0.302 e. The van der Waals surface area contributed by atoms with Gasteiger partial charge in [-0.1, -0.05) is 32.8 Å². The normalized spacial score (nSPS) is 22.3. The number of aliphatic hydroxyl groups excluding tert-OH is 1. The molecule has 2 aliphatic rings. The SMILES string of the molecule is COc1cc(CCC(CC(OC(C)=O)C2CC(CO)CCCC(CC(C)C)C2)OC(C)=O)c(C2=CCNC(N)=C2)cc1O. The molecule has 0 saturated heterocycles. The van der Waals surface area contributed by atoms with E-state index in [0.29, 0.717) is 49.2 Å². The molecule has 0 spiro atoms. The van der Waals surface area contributed by atoms with Gasteiger partial charge in [0.2, 0.25) is 0 Å². The number of carbonyl (C=O) groups is 2. The summed E-state index contributed by atoms with van der Waals surface area (Å²) in [5, 5.41) is 23.7. The number of hydrogen-bond donors (Lipinski definition) is 4. The van der Waals surface area contributed by atoms with Crippen LogP contribution in [0.2, 0.25) is 0 Å². The van der Waals surface area contributed by atoms with Gasteiger partial charge in [0, 0.05) is 33.4 Å². The molecule has 1 aliphatic carbocycles. The van der Waals surface area contributed by atoms with E-state index < -0.39 is 18.2 Å². The summed E-state index contributed by atoms with van der Waals surface area (Å²) in [6.45, 7) is 7.97. The molecule has 1 saturated carbocycles. The van der Waals surface area contributed by atoms with Gasteiger partial charge in [-0.2, -0.15) is 0 Å². The van der Waals surface area contributed by atoms with Crippen LogP contribution < -0.4 is 15.8 Å². The Morgan fingerprint density at radius 3 is 2.42 bits per heavy atom. The molecule has 1 aromatic rings. The largest absolute Gasteiger partial charge is 0.504 e. The van der Waals surface area contributed by atoms with Crippen LogP contribution in [-0.2, 0) is 25.5 Å². The van der Waals surface area contributed by atoms with E-state index in [9.17, 15) is 19.8 Å². The Bertz CT molecular complexity index is 1150. The van der Waals surface area contributed by atoms with Gasteiger partial charge < -0.3 is 35.5 Å². The van der Waals surface area contributed by atoms with Gasteiger partial charge in [-0.3, -0.25) is 9.59 Å². The number of nitrogens with two attached hydrogens (primary N) is 1. The van der Waals surface area contributed by atoms with Crippen molar-refractivity contribution >= 4 is 17.5 Å². The van der Waals surface area contributed by atoms with Crippen LogP contribution in [0.15, 0.2) is 30.1 Å². The zero-order valence-corrected chi connectivity index (χ0v) is 26.6. The molecule has 240 valence electrons. The van der Waals surface area contributed by atoms with Crippen LogP contribution in [0, 0.1) is 23.7 Å². The minimum Gasteiger partial charge on any atom is -0.504 e. The van der Waals surface area contributed by atoms with Crippen molar-refractivity contribution in [3.05, 3.63) is 41.2 Å². The number of carbonyl (C=O) groups excluding carboxylic acids is 2. The molecular formula is C34H52N2O7. The second-order valence-electron chi connectivity index (χ2n) is 12.7. The average Bonchev–Trinajstić information content (AvgIpc) is 2.92. The van der Waals surface area contributed by atoms with Crippen molar-refractivity contribution in [1.82, 2.24) is 5.32 Å². The molecule has 1 heterocycles. The van der Waals surface area contributed by atoms with Crippen LogP contribution >= 0.6 is 0 Å². The molecule has 0 aromatic heterocycles. The number of rotatable bonds is 13. The van der Waals surface area contributed by atoms with Crippen molar-refractivity contribution in [2.24, 2.45) is 29.4 Å². The summed E-state index contributed by atoms with van der Waals surface area (Å²) < 4.78 is 17.2. The van der Waals surface area contributed by atoms with Crippen molar-refractivity contribution in [3.8, 4) is 11.5 Å². The van der Waals surface area contributed by atoms with Crippen molar-refractivity contribution in [2.45, 2.75) is 97.7 Å². The molecule has 0 amide bonds. The Hall–Kier alpha value is -3.20. The third kappa shape index (κ3) is 10.8. The average molecular weight is 601 g/mol. The summed E-state index contributed by atoms with van der Waals surface area (Å²) in [6, 6.07) is 3.49. The number of benzene rings is 1. The molecule has 5 N–H and O–H groups in total. The Labute approximate surface area is 256 Å². The molecular weight excluding hydrogens is 548 g/mol. The monoisotopic (exact) mass is 600 g/mol. The van der Waals surface area contributed by atoms with Gasteiger partial charge in [0.25, 0.3) is 0 Å². The van der Waals surface area contributed by atoms with E-state index in [1.54, 1.807) is 6.07 Å². The Kier molecular flexibility index (Phi) is 13.2. The van der Waals surface area contributed by atoms with E-state index in [0.717, 1.165) is 55.2 Å². The maximum absolute atomic E-state index is 12.3. The van der Waals surface area contributed by atoms with Crippen LogP contribution in [0.4, 0.5) is 0 Å². The molecule has 3 rings (SSSR count). The fourth-order valence-corrected chi connectivity index (χ4v) is 6.81. The standard InChI is InChI=1S/C34H52N2O7/c1-21(2)13-24-7-6-8-25(20-37)15-28(14-24)32(43-23(4)39)18-29(42-22(3)38)10-9-26-16-33(41-5)31(40)19-30(26)27-11-12-36-34(35)17-27/h11,16-17,19,21,24-25,28-29,32,36-37,40H,6-10,12-15,18,20,35H2,1-5H3. The van der Waals surface area contributed by atoms with Gasteiger partial charge in [-0.15, -0.1) is 0 Å². The molecule has 5 unspecified atom stereocenters. The van der Waals surface area contributed by atoms with Crippen molar-refractivity contribution in [3.63, 3.8) is 0 Å². The number of aryl methyl sites for hydroxylation is 1. The van der Waals surface area contributed by atoms with Gasteiger partial charge in [-0.05, 0) is 97.1 Å². The minimum atomic E-state index is -0.501. The lowest BCUT2D eigenvalue weighted by Gasteiger charge is -2.36. The van der Waals surface area contributed by atoms with Crippen molar-refractivity contribution < 1.29 is 34.0 Å². The van der Waals surface area contributed by atoms with E-state index in [-0.39, 0.29) is 30.2 Å². The zero-order valence-electron chi connectivity index (χ0n) is 26.6. The third-order valence-corrected chi connectivity index (χ3v) is 8.62.